The standard InChI is InChI=1S/C26H30N2O6/c1-16-14-17(29)12-13-28(16)25(32)23(10-11-24(30)31)27-26(33)34-15-22-20-8-4-2-6-18(20)19-7-3-5-9-21(19)22/h2-9,16-17,22-23,29H,10-15H2,1H3,(H,27,33)(H,30,31). The summed E-state index contributed by atoms with van der Waals surface area (Å²) in [7, 11) is 0. The Bertz CT molecular complexity index is 1030. The molecule has 180 valence electrons. The van der Waals surface area contributed by atoms with Crippen LogP contribution in [0.3, 0.4) is 0 Å². The van der Waals surface area contributed by atoms with Gasteiger partial charge in [-0.3, -0.25) is 9.59 Å². The van der Waals surface area contributed by atoms with Gasteiger partial charge in [0.1, 0.15) is 12.6 Å². The van der Waals surface area contributed by atoms with Gasteiger partial charge < -0.3 is 25.2 Å². The minimum atomic E-state index is -1.05. The largest absolute Gasteiger partial charge is 0.481 e. The molecule has 8 nitrogen and oxygen atoms in total. The van der Waals surface area contributed by atoms with E-state index >= 15 is 0 Å². The number of hydrogen-bond donors (Lipinski definition) is 3. The van der Waals surface area contributed by atoms with E-state index in [2.05, 4.69) is 5.32 Å². The van der Waals surface area contributed by atoms with E-state index < -0.39 is 24.2 Å². The molecule has 2 amide bonds. The first-order chi connectivity index (χ1) is 16.3. The summed E-state index contributed by atoms with van der Waals surface area (Å²) >= 11 is 0. The predicted octanol–water partition coefficient (Wildman–Crippen LogP) is 3.13. The van der Waals surface area contributed by atoms with Crippen LogP contribution < -0.4 is 5.32 Å². The van der Waals surface area contributed by atoms with Gasteiger partial charge in [-0.25, -0.2) is 4.79 Å². The number of rotatable bonds is 7. The number of amides is 2. The number of alkyl carbamates (subject to hydrolysis) is 1. The van der Waals surface area contributed by atoms with E-state index in [0.29, 0.717) is 19.4 Å². The van der Waals surface area contributed by atoms with E-state index in [1.165, 1.54) is 0 Å². The Hall–Kier alpha value is -3.39. The van der Waals surface area contributed by atoms with Crippen LogP contribution in [0, 0.1) is 0 Å². The number of nitrogens with one attached hydrogen (secondary N) is 1. The van der Waals surface area contributed by atoms with Gasteiger partial charge in [0.15, 0.2) is 0 Å². The highest BCUT2D eigenvalue weighted by Gasteiger charge is 2.34. The van der Waals surface area contributed by atoms with Crippen molar-refractivity contribution < 1.29 is 29.3 Å². The van der Waals surface area contributed by atoms with Crippen molar-refractivity contribution in [3.8, 4) is 11.1 Å². The molecule has 0 aromatic heterocycles. The van der Waals surface area contributed by atoms with Crippen LogP contribution in [0.5, 0.6) is 0 Å². The number of carboxylic acids is 1. The van der Waals surface area contributed by atoms with Gasteiger partial charge in [-0.15, -0.1) is 0 Å². The third-order valence-electron chi connectivity index (χ3n) is 6.71. The molecule has 8 heteroatoms. The monoisotopic (exact) mass is 466 g/mol. The van der Waals surface area contributed by atoms with Crippen LogP contribution >= 0.6 is 0 Å². The Kier molecular flexibility index (Phi) is 7.17. The van der Waals surface area contributed by atoms with E-state index in [1.54, 1.807) is 4.90 Å². The molecule has 1 fully saturated rings. The smallest absolute Gasteiger partial charge is 0.407 e. The molecular weight excluding hydrogens is 436 g/mol. The first-order valence-corrected chi connectivity index (χ1v) is 11.7. The van der Waals surface area contributed by atoms with Crippen molar-refractivity contribution in [1.29, 1.82) is 0 Å². The number of aliphatic hydroxyl groups excluding tert-OH is 1. The molecule has 4 rings (SSSR count). The van der Waals surface area contributed by atoms with Crippen molar-refractivity contribution in [3.63, 3.8) is 0 Å². The molecule has 2 aromatic carbocycles. The summed E-state index contributed by atoms with van der Waals surface area (Å²) in [6, 6.07) is 14.8. The highest BCUT2D eigenvalue weighted by Crippen LogP contribution is 2.44. The molecule has 1 aliphatic carbocycles. The van der Waals surface area contributed by atoms with Crippen molar-refractivity contribution in [2.24, 2.45) is 0 Å². The van der Waals surface area contributed by atoms with Crippen LogP contribution in [0.1, 0.15) is 49.7 Å². The molecule has 0 bridgehead atoms. The molecular formula is C26H30N2O6. The Morgan fingerprint density at radius 3 is 2.29 bits per heavy atom. The number of hydrogen-bond acceptors (Lipinski definition) is 5. The maximum absolute atomic E-state index is 13.1. The molecule has 2 aromatic rings. The second-order valence-electron chi connectivity index (χ2n) is 9.01. The predicted molar refractivity (Wildman–Crippen MR) is 125 cm³/mol. The average molecular weight is 467 g/mol. The second kappa shape index (κ2) is 10.3. The van der Waals surface area contributed by atoms with Crippen LogP contribution in [0.15, 0.2) is 48.5 Å². The fourth-order valence-electron chi connectivity index (χ4n) is 4.98. The molecule has 0 radical (unpaired) electrons. The lowest BCUT2D eigenvalue weighted by Gasteiger charge is -2.37. The number of piperidine rings is 1. The molecule has 1 saturated heterocycles. The number of nitrogens with zero attached hydrogens (tertiary/aromatic N) is 1. The van der Waals surface area contributed by atoms with E-state index in [-0.39, 0.29) is 37.3 Å². The number of carbonyl (C=O) groups is 3. The van der Waals surface area contributed by atoms with Crippen LogP contribution in [0.4, 0.5) is 4.79 Å². The van der Waals surface area contributed by atoms with Crippen molar-refractivity contribution in [2.45, 2.75) is 56.7 Å². The van der Waals surface area contributed by atoms with Gasteiger partial charge in [0.2, 0.25) is 5.91 Å². The Labute approximate surface area is 198 Å². The number of carbonyl (C=O) groups excluding carboxylic acids is 2. The van der Waals surface area contributed by atoms with Gasteiger partial charge in [-0.1, -0.05) is 48.5 Å². The van der Waals surface area contributed by atoms with Gasteiger partial charge >= 0.3 is 12.1 Å². The lowest BCUT2D eigenvalue weighted by Crippen LogP contribution is -2.54. The van der Waals surface area contributed by atoms with E-state index in [4.69, 9.17) is 9.84 Å². The zero-order valence-corrected chi connectivity index (χ0v) is 19.1. The van der Waals surface area contributed by atoms with Gasteiger partial charge in [0.25, 0.3) is 0 Å². The number of fused-ring (bicyclic) bond motifs is 3. The summed E-state index contributed by atoms with van der Waals surface area (Å²) in [4.78, 5) is 38.6. The first kappa shape index (κ1) is 23.8. The van der Waals surface area contributed by atoms with Gasteiger partial charge in [-0.2, -0.15) is 0 Å². The third kappa shape index (κ3) is 5.07. The quantitative estimate of drug-likeness (QED) is 0.577. The SMILES string of the molecule is CC1CC(O)CCN1C(=O)C(CCC(=O)O)NC(=O)OCC1c2ccccc2-c2ccccc21. The molecule has 1 aliphatic heterocycles. The lowest BCUT2D eigenvalue weighted by atomic mass is 9.98. The van der Waals surface area contributed by atoms with Gasteiger partial charge in [0.05, 0.1) is 6.10 Å². The highest BCUT2D eigenvalue weighted by atomic mass is 16.5. The molecule has 2 aliphatic rings. The van der Waals surface area contributed by atoms with Crippen LogP contribution in [0.2, 0.25) is 0 Å². The Morgan fingerprint density at radius 2 is 1.71 bits per heavy atom. The normalized spacial score (nSPS) is 20.2. The van der Waals surface area contributed by atoms with Gasteiger partial charge in [-0.05, 0) is 48.4 Å². The number of benzene rings is 2. The van der Waals surface area contributed by atoms with E-state index in [1.807, 2.05) is 55.5 Å². The molecule has 0 saturated carbocycles. The summed E-state index contributed by atoms with van der Waals surface area (Å²) < 4.78 is 5.55. The summed E-state index contributed by atoms with van der Waals surface area (Å²) in [6.45, 7) is 2.30. The molecule has 3 unspecified atom stereocenters. The van der Waals surface area contributed by atoms with Crippen molar-refractivity contribution in [2.75, 3.05) is 13.2 Å². The maximum atomic E-state index is 13.1. The van der Waals surface area contributed by atoms with Crippen LogP contribution in [-0.2, 0) is 14.3 Å². The first-order valence-electron chi connectivity index (χ1n) is 11.7. The molecule has 1 heterocycles. The molecule has 34 heavy (non-hydrogen) atoms. The molecule has 3 atom stereocenters. The lowest BCUT2D eigenvalue weighted by molar-refractivity contribution is -0.139. The highest BCUT2D eigenvalue weighted by molar-refractivity contribution is 5.86. The number of carboxylic acid groups (broad SMARTS) is 1. The van der Waals surface area contributed by atoms with E-state index in [0.717, 1.165) is 22.3 Å². The summed E-state index contributed by atoms with van der Waals surface area (Å²) in [5, 5.41) is 21.5. The van der Waals surface area contributed by atoms with Crippen LogP contribution in [0.25, 0.3) is 11.1 Å². The summed E-state index contributed by atoms with van der Waals surface area (Å²) in [6.07, 6.45) is -0.619. The number of aliphatic hydroxyl groups is 1. The van der Waals surface area contributed by atoms with E-state index in [9.17, 15) is 19.5 Å². The van der Waals surface area contributed by atoms with Crippen molar-refractivity contribution in [3.05, 3.63) is 59.7 Å². The zero-order valence-electron chi connectivity index (χ0n) is 19.1. The molecule has 0 spiro atoms. The minimum Gasteiger partial charge on any atom is -0.481 e. The molecule has 3 N–H and O–H groups in total. The van der Waals surface area contributed by atoms with Gasteiger partial charge in [0, 0.05) is 24.9 Å². The minimum absolute atomic E-state index is 0.0376. The Morgan fingerprint density at radius 1 is 1.09 bits per heavy atom. The van der Waals surface area contributed by atoms with Crippen molar-refractivity contribution in [1.82, 2.24) is 10.2 Å². The number of likely N-dealkylation sites (tertiary alicyclic amines) is 1. The second-order valence-corrected chi connectivity index (χ2v) is 9.01. The summed E-state index contributed by atoms with van der Waals surface area (Å²) in [5.74, 6) is -1.52. The summed E-state index contributed by atoms with van der Waals surface area (Å²) in [5.41, 5.74) is 4.39. The Balaban J connectivity index is 1.43. The number of ether oxygens (including phenoxy) is 1. The fraction of sp³-hybridized carbons (Fsp3) is 0.423. The topological polar surface area (TPSA) is 116 Å². The number of aliphatic carboxylic acids is 1. The third-order valence-corrected chi connectivity index (χ3v) is 6.71. The average Bonchev–Trinajstić information content (AvgIpc) is 3.13. The van der Waals surface area contributed by atoms with Crippen LogP contribution in [-0.4, -0.2) is 64.4 Å². The zero-order chi connectivity index (χ0) is 24.2. The fourth-order valence-corrected chi connectivity index (χ4v) is 4.98. The maximum Gasteiger partial charge on any atom is 0.407 e. The van der Waals surface area contributed by atoms with Crippen molar-refractivity contribution >= 4 is 18.0 Å².